The first-order chi connectivity index (χ1) is 13.1. The predicted octanol–water partition coefficient (Wildman–Crippen LogP) is 4.55. The van der Waals surface area contributed by atoms with Crippen LogP contribution in [-0.4, -0.2) is 20.4 Å². The SMILES string of the molecule is Cc1c(Br)c2ccccc2n1CC(=O)NCc1nc(-c2ccncc2)cs1. The summed E-state index contributed by atoms with van der Waals surface area (Å²) in [6, 6.07) is 11.9. The molecule has 0 spiro atoms. The summed E-state index contributed by atoms with van der Waals surface area (Å²) in [7, 11) is 0. The molecule has 0 saturated heterocycles. The monoisotopic (exact) mass is 440 g/mol. The lowest BCUT2D eigenvalue weighted by Gasteiger charge is -2.08. The van der Waals surface area contributed by atoms with Crippen LogP contribution in [0.3, 0.4) is 0 Å². The van der Waals surface area contributed by atoms with Crippen molar-refractivity contribution in [2.45, 2.75) is 20.0 Å². The van der Waals surface area contributed by atoms with Crippen LogP contribution in [-0.2, 0) is 17.9 Å². The topological polar surface area (TPSA) is 59.8 Å². The molecule has 0 aliphatic heterocycles. The Labute approximate surface area is 169 Å². The average Bonchev–Trinajstić information content (AvgIpc) is 3.27. The fourth-order valence-electron chi connectivity index (χ4n) is 3.01. The average molecular weight is 441 g/mol. The number of carbonyl (C=O) groups excluding carboxylic acids is 1. The number of nitrogens with zero attached hydrogens (tertiary/aromatic N) is 3. The van der Waals surface area contributed by atoms with Crippen molar-refractivity contribution in [1.29, 1.82) is 0 Å². The summed E-state index contributed by atoms with van der Waals surface area (Å²) < 4.78 is 3.06. The maximum atomic E-state index is 12.5. The Kier molecular flexibility index (Phi) is 5.05. The molecule has 3 aromatic heterocycles. The van der Waals surface area contributed by atoms with Gasteiger partial charge in [0.05, 0.1) is 12.2 Å². The molecule has 5 nitrogen and oxygen atoms in total. The highest BCUT2D eigenvalue weighted by Crippen LogP contribution is 2.30. The van der Waals surface area contributed by atoms with E-state index in [4.69, 9.17) is 0 Å². The number of benzene rings is 1. The van der Waals surface area contributed by atoms with Crippen molar-refractivity contribution in [2.75, 3.05) is 0 Å². The molecular weight excluding hydrogens is 424 g/mol. The van der Waals surface area contributed by atoms with E-state index in [1.54, 1.807) is 23.7 Å². The summed E-state index contributed by atoms with van der Waals surface area (Å²) in [4.78, 5) is 21.1. The quantitative estimate of drug-likeness (QED) is 0.495. The molecule has 136 valence electrons. The predicted molar refractivity (Wildman–Crippen MR) is 112 cm³/mol. The molecule has 0 saturated carbocycles. The number of hydrogen-bond acceptors (Lipinski definition) is 4. The summed E-state index contributed by atoms with van der Waals surface area (Å²) in [6.45, 7) is 2.72. The number of nitrogens with one attached hydrogen (secondary N) is 1. The molecule has 4 aromatic rings. The second kappa shape index (κ2) is 7.62. The summed E-state index contributed by atoms with van der Waals surface area (Å²) in [5, 5.41) is 6.97. The number of pyridine rings is 1. The summed E-state index contributed by atoms with van der Waals surface area (Å²) >= 11 is 5.17. The van der Waals surface area contributed by atoms with Crippen LogP contribution in [0.5, 0.6) is 0 Å². The maximum Gasteiger partial charge on any atom is 0.240 e. The van der Waals surface area contributed by atoms with Crippen molar-refractivity contribution in [3.8, 4) is 11.3 Å². The van der Waals surface area contributed by atoms with Crippen LogP contribution in [0.2, 0.25) is 0 Å². The van der Waals surface area contributed by atoms with Crippen LogP contribution in [0.4, 0.5) is 0 Å². The molecule has 0 fully saturated rings. The van der Waals surface area contributed by atoms with E-state index in [1.807, 2.05) is 47.2 Å². The van der Waals surface area contributed by atoms with E-state index in [0.29, 0.717) is 6.54 Å². The number of rotatable bonds is 5. The minimum atomic E-state index is -0.0352. The highest BCUT2D eigenvalue weighted by molar-refractivity contribution is 9.10. The van der Waals surface area contributed by atoms with E-state index in [1.165, 1.54) is 0 Å². The Morgan fingerprint density at radius 3 is 2.81 bits per heavy atom. The van der Waals surface area contributed by atoms with Gasteiger partial charge in [-0.2, -0.15) is 0 Å². The molecule has 7 heteroatoms. The van der Waals surface area contributed by atoms with Crippen molar-refractivity contribution in [1.82, 2.24) is 19.9 Å². The van der Waals surface area contributed by atoms with Crippen LogP contribution < -0.4 is 5.32 Å². The summed E-state index contributed by atoms with van der Waals surface area (Å²) in [5.41, 5.74) is 4.02. The smallest absolute Gasteiger partial charge is 0.240 e. The van der Waals surface area contributed by atoms with Gasteiger partial charge in [-0.05, 0) is 41.1 Å². The van der Waals surface area contributed by atoms with Crippen molar-refractivity contribution in [3.05, 3.63) is 69.3 Å². The standard InChI is InChI=1S/C20H17BrN4OS/c1-13-20(21)15-4-2-3-5-17(15)25(13)11-18(26)23-10-19-24-16(12-27-19)14-6-8-22-9-7-14/h2-9,12H,10-11H2,1H3,(H,23,26). The van der Waals surface area contributed by atoms with E-state index in [0.717, 1.165) is 37.3 Å². The molecule has 0 atom stereocenters. The molecule has 1 aromatic carbocycles. The lowest BCUT2D eigenvalue weighted by Crippen LogP contribution is -2.27. The zero-order valence-corrected chi connectivity index (χ0v) is 17.0. The first-order valence-corrected chi connectivity index (χ1v) is 10.2. The van der Waals surface area contributed by atoms with E-state index in [2.05, 4.69) is 37.3 Å². The van der Waals surface area contributed by atoms with Crippen LogP contribution in [0.25, 0.3) is 22.2 Å². The highest BCUT2D eigenvalue weighted by atomic mass is 79.9. The lowest BCUT2D eigenvalue weighted by molar-refractivity contribution is -0.121. The number of thiazole rings is 1. The number of halogens is 1. The van der Waals surface area contributed by atoms with E-state index >= 15 is 0 Å². The second-order valence-electron chi connectivity index (χ2n) is 6.14. The van der Waals surface area contributed by atoms with Gasteiger partial charge in [0.1, 0.15) is 11.6 Å². The Bertz CT molecular complexity index is 1100. The third-order valence-corrected chi connectivity index (χ3v) is 6.27. The van der Waals surface area contributed by atoms with Crippen LogP contribution in [0.15, 0.2) is 58.6 Å². The van der Waals surface area contributed by atoms with E-state index in [9.17, 15) is 4.79 Å². The molecule has 0 aliphatic rings. The highest BCUT2D eigenvalue weighted by Gasteiger charge is 2.14. The summed E-state index contributed by atoms with van der Waals surface area (Å²) in [6.07, 6.45) is 3.50. The van der Waals surface area contributed by atoms with Gasteiger partial charge in [0.15, 0.2) is 0 Å². The van der Waals surface area contributed by atoms with Gasteiger partial charge >= 0.3 is 0 Å². The van der Waals surface area contributed by atoms with Crippen LogP contribution in [0.1, 0.15) is 10.7 Å². The number of amides is 1. The van der Waals surface area contributed by atoms with E-state index < -0.39 is 0 Å². The van der Waals surface area contributed by atoms with Gasteiger partial charge in [-0.15, -0.1) is 11.3 Å². The Balaban J connectivity index is 1.44. The molecule has 0 radical (unpaired) electrons. The molecule has 0 unspecified atom stereocenters. The van der Waals surface area contributed by atoms with Crippen molar-refractivity contribution in [2.24, 2.45) is 0 Å². The Morgan fingerprint density at radius 2 is 2.00 bits per heavy atom. The number of hydrogen-bond donors (Lipinski definition) is 1. The molecule has 1 amide bonds. The molecule has 0 bridgehead atoms. The number of fused-ring (bicyclic) bond motifs is 1. The number of para-hydroxylation sites is 1. The van der Waals surface area contributed by atoms with Gasteiger partial charge in [-0.25, -0.2) is 4.98 Å². The molecule has 1 N–H and O–H groups in total. The zero-order valence-electron chi connectivity index (χ0n) is 14.6. The van der Waals surface area contributed by atoms with Gasteiger partial charge in [0.2, 0.25) is 5.91 Å². The third-order valence-electron chi connectivity index (χ3n) is 4.42. The molecule has 3 heterocycles. The van der Waals surface area contributed by atoms with Crippen molar-refractivity contribution < 1.29 is 4.79 Å². The van der Waals surface area contributed by atoms with Gasteiger partial charge in [0.25, 0.3) is 0 Å². The largest absolute Gasteiger partial charge is 0.348 e. The van der Waals surface area contributed by atoms with Gasteiger partial charge in [-0.1, -0.05) is 18.2 Å². The minimum absolute atomic E-state index is 0.0352. The van der Waals surface area contributed by atoms with E-state index in [-0.39, 0.29) is 12.5 Å². The third kappa shape index (κ3) is 3.65. The van der Waals surface area contributed by atoms with Crippen molar-refractivity contribution in [3.63, 3.8) is 0 Å². The van der Waals surface area contributed by atoms with Crippen LogP contribution >= 0.6 is 27.3 Å². The molecule has 27 heavy (non-hydrogen) atoms. The first-order valence-electron chi connectivity index (χ1n) is 8.48. The Morgan fingerprint density at radius 1 is 1.22 bits per heavy atom. The second-order valence-corrected chi connectivity index (χ2v) is 7.88. The fraction of sp³-hybridized carbons (Fsp3) is 0.150. The fourth-order valence-corrected chi connectivity index (χ4v) is 4.31. The lowest BCUT2D eigenvalue weighted by atomic mass is 10.2. The maximum absolute atomic E-state index is 12.5. The zero-order chi connectivity index (χ0) is 18.8. The molecular formula is C20H17BrN4OS. The molecule has 4 rings (SSSR count). The van der Waals surface area contributed by atoms with Gasteiger partial charge in [0, 0.05) is 44.4 Å². The van der Waals surface area contributed by atoms with Gasteiger partial charge in [-0.3, -0.25) is 9.78 Å². The summed E-state index contributed by atoms with van der Waals surface area (Å²) in [5.74, 6) is -0.0352. The van der Waals surface area contributed by atoms with Crippen molar-refractivity contribution >= 4 is 44.1 Å². The van der Waals surface area contributed by atoms with Gasteiger partial charge < -0.3 is 9.88 Å². The van der Waals surface area contributed by atoms with Crippen LogP contribution in [0, 0.1) is 6.92 Å². The normalized spacial score (nSPS) is 11.0. The minimum Gasteiger partial charge on any atom is -0.348 e. The molecule has 0 aliphatic carbocycles. The first kappa shape index (κ1) is 17.9. The Hall–Kier alpha value is -2.51. The number of carbonyl (C=O) groups is 1. The number of aromatic nitrogens is 3.